The summed E-state index contributed by atoms with van der Waals surface area (Å²) in [7, 11) is 0. The van der Waals surface area contributed by atoms with Crippen molar-refractivity contribution >= 4 is 21.8 Å². The normalized spacial score (nSPS) is 11.6. The lowest BCUT2D eigenvalue weighted by Crippen LogP contribution is -1.79. The summed E-state index contributed by atoms with van der Waals surface area (Å²) in [5.74, 6) is -0.539. The molecule has 3 nitrogen and oxygen atoms in total. The number of rotatable bonds is 2. The number of aromatic nitrogens is 3. The molecule has 5 heteroatoms. The maximum Gasteiger partial charge on any atom is 0.125 e. The van der Waals surface area contributed by atoms with E-state index < -0.39 is 0 Å². The zero-order chi connectivity index (χ0) is 17.0. The van der Waals surface area contributed by atoms with Gasteiger partial charge in [-0.05, 0) is 36.4 Å². The zero-order valence-corrected chi connectivity index (χ0v) is 13.0. The Bertz CT molecular complexity index is 1130. The van der Waals surface area contributed by atoms with E-state index in [1.54, 1.807) is 12.1 Å². The van der Waals surface area contributed by atoms with E-state index in [2.05, 4.69) is 15.0 Å². The lowest BCUT2D eigenvalue weighted by Gasteiger charge is -2.03. The zero-order valence-electron chi connectivity index (χ0n) is 13.0. The van der Waals surface area contributed by atoms with E-state index in [1.807, 2.05) is 24.8 Å². The van der Waals surface area contributed by atoms with Crippen molar-refractivity contribution in [3.05, 3.63) is 72.8 Å². The third kappa shape index (κ3) is 2.09. The van der Waals surface area contributed by atoms with Crippen LogP contribution in [0.1, 0.15) is 0 Å². The van der Waals surface area contributed by atoms with Gasteiger partial charge in [-0.2, -0.15) is 0 Å². The topological polar surface area (TPSA) is 47.4 Å². The molecule has 5 rings (SSSR count). The van der Waals surface area contributed by atoms with Gasteiger partial charge in [0.1, 0.15) is 11.6 Å². The van der Waals surface area contributed by atoms with E-state index in [4.69, 9.17) is 0 Å². The summed E-state index contributed by atoms with van der Waals surface area (Å²) in [6.45, 7) is 0. The summed E-state index contributed by atoms with van der Waals surface area (Å²) >= 11 is 0. The number of hydrogen-bond acceptors (Lipinski definition) is 0. The smallest absolute Gasteiger partial charge is 0.125 e. The second-order valence-corrected chi connectivity index (χ2v) is 6.07. The molecule has 0 aliphatic carbocycles. The van der Waals surface area contributed by atoms with E-state index in [1.165, 1.54) is 24.3 Å². The molecule has 0 unspecified atom stereocenters. The largest absolute Gasteiger partial charge is 0.366 e. The first kappa shape index (κ1) is 14.0. The van der Waals surface area contributed by atoms with Crippen LogP contribution in [0.4, 0.5) is 8.78 Å². The molecule has 0 aliphatic rings. The minimum absolute atomic E-state index is 0.270. The molecule has 3 N–H and O–H groups in total. The summed E-state index contributed by atoms with van der Waals surface area (Å²) in [6.07, 6.45) is 7.60. The predicted molar refractivity (Wildman–Crippen MR) is 95.3 cm³/mol. The SMILES string of the molecule is Fc1ccc2c(-c3c[nH]cc3-c3c[nH]c4cc(F)ccc34)c[nH]c2c1. The molecule has 3 heterocycles. The Labute approximate surface area is 141 Å². The van der Waals surface area contributed by atoms with Crippen molar-refractivity contribution in [1.29, 1.82) is 0 Å². The number of H-pyrrole nitrogens is 3. The summed E-state index contributed by atoms with van der Waals surface area (Å²) in [5.41, 5.74) is 5.49. The molecule has 0 spiro atoms. The Morgan fingerprint density at radius 2 is 1.04 bits per heavy atom. The average Bonchev–Trinajstić information content (AvgIpc) is 3.30. The molecular weight excluding hydrogens is 320 g/mol. The summed E-state index contributed by atoms with van der Waals surface area (Å²) in [6, 6.07) is 9.44. The van der Waals surface area contributed by atoms with Gasteiger partial charge in [0.15, 0.2) is 0 Å². The third-order valence-electron chi connectivity index (χ3n) is 4.61. The summed E-state index contributed by atoms with van der Waals surface area (Å²) in [4.78, 5) is 9.40. The van der Waals surface area contributed by atoms with Crippen LogP contribution in [0.2, 0.25) is 0 Å². The highest BCUT2D eigenvalue weighted by atomic mass is 19.1. The third-order valence-corrected chi connectivity index (χ3v) is 4.61. The average molecular weight is 333 g/mol. The molecule has 0 fully saturated rings. The summed E-state index contributed by atoms with van der Waals surface area (Å²) in [5, 5.41) is 1.90. The van der Waals surface area contributed by atoms with Gasteiger partial charge in [-0.15, -0.1) is 0 Å². The number of halogens is 2. The Kier molecular flexibility index (Phi) is 2.85. The van der Waals surface area contributed by atoms with E-state index >= 15 is 0 Å². The van der Waals surface area contributed by atoms with E-state index in [0.29, 0.717) is 0 Å². The van der Waals surface area contributed by atoms with Crippen LogP contribution in [0.3, 0.4) is 0 Å². The number of nitrogens with one attached hydrogen (secondary N) is 3. The van der Waals surface area contributed by atoms with Gasteiger partial charge < -0.3 is 15.0 Å². The molecule has 0 aliphatic heterocycles. The molecule has 0 radical (unpaired) electrons. The monoisotopic (exact) mass is 333 g/mol. The molecule has 0 saturated heterocycles. The first-order valence-electron chi connectivity index (χ1n) is 7.91. The van der Waals surface area contributed by atoms with E-state index in [9.17, 15) is 8.78 Å². The standard InChI is InChI=1S/C20H13F2N3/c21-11-1-3-13-17(9-24-19(13)5-11)15-7-23-8-16(15)18-10-25-20-6-12(22)2-4-14(18)20/h1-10,23-25H. The summed E-state index contributed by atoms with van der Waals surface area (Å²) < 4.78 is 26.9. The molecule has 25 heavy (non-hydrogen) atoms. The van der Waals surface area contributed by atoms with E-state index in [0.717, 1.165) is 44.1 Å². The second-order valence-electron chi connectivity index (χ2n) is 6.07. The quantitative estimate of drug-likeness (QED) is 0.377. The maximum atomic E-state index is 13.4. The Morgan fingerprint density at radius 1 is 0.560 bits per heavy atom. The van der Waals surface area contributed by atoms with Crippen molar-refractivity contribution in [2.45, 2.75) is 0 Å². The molecule has 0 amide bonds. The number of fused-ring (bicyclic) bond motifs is 2. The highest BCUT2D eigenvalue weighted by Gasteiger charge is 2.16. The predicted octanol–water partition coefficient (Wildman–Crippen LogP) is 5.59. The van der Waals surface area contributed by atoms with Crippen LogP contribution in [0.15, 0.2) is 61.2 Å². The van der Waals surface area contributed by atoms with Crippen LogP contribution in [-0.4, -0.2) is 15.0 Å². The van der Waals surface area contributed by atoms with Gasteiger partial charge in [0.25, 0.3) is 0 Å². The lowest BCUT2D eigenvalue weighted by atomic mass is 9.98. The fourth-order valence-corrected chi connectivity index (χ4v) is 3.45. The second kappa shape index (κ2) is 5.08. The van der Waals surface area contributed by atoms with Crippen LogP contribution >= 0.6 is 0 Å². The highest BCUT2D eigenvalue weighted by molar-refractivity contribution is 6.04. The van der Waals surface area contributed by atoms with Crippen molar-refractivity contribution in [2.24, 2.45) is 0 Å². The van der Waals surface area contributed by atoms with Crippen LogP contribution in [0.25, 0.3) is 44.1 Å². The lowest BCUT2D eigenvalue weighted by molar-refractivity contribution is 0.629. The molecular formula is C20H13F2N3. The molecule has 5 aromatic rings. The van der Waals surface area contributed by atoms with Crippen molar-refractivity contribution in [3.8, 4) is 22.3 Å². The molecule has 0 atom stereocenters. The maximum absolute atomic E-state index is 13.4. The van der Waals surface area contributed by atoms with Crippen LogP contribution in [0.5, 0.6) is 0 Å². The number of aromatic amines is 3. The minimum atomic E-state index is -0.270. The van der Waals surface area contributed by atoms with Crippen LogP contribution in [-0.2, 0) is 0 Å². The van der Waals surface area contributed by atoms with Crippen LogP contribution in [0, 0.1) is 11.6 Å². The number of hydrogen-bond donors (Lipinski definition) is 3. The van der Waals surface area contributed by atoms with Gasteiger partial charge >= 0.3 is 0 Å². The van der Waals surface area contributed by atoms with Crippen LogP contribution < -0.4 is 0 Å². The van der Waals surface area contributed by atoms with Crippen molar-refractivity contribution < 1.29 is 8.78 Å². The molecule has 0 bridgehead atoms. The first-order valence-corrected chi connectivity index (χ1v) is 7.91. The minimum Gasteiger partial charge on any atom is -0.366 e. The van der Waals surface area contributed by atoms with Gasteiger partial charge in [-0.25, -0.2) is 8.78 Å². The Morgan fingerprint density at radius 3 is 1.52 bits per heavy atom. The Balaban J connectivity index is 1.73. The molecule has 0 saturated carbocycles. The molecule has 2 aromatic carbocycles. The highest BCUT2D eigenvalue weighted by Crippen LogP contribution is 2.39. The molecule has 3 aromatic heterocycles. The molecule has 122 valence electrons. The fraction of sp³-hybridized carbons (Fsp3) is 0. The van der Waals surface area contributed by atoms with Gasteiger partial charge in [-0.3, -0.25) is 0 Å². The van der Waals surface area contributed by atoms with Gasteiger partial charge in [0, 0.05) is 68.8 Å². The van der Waals surface area contributed by atoms with Crippen molar-refractivity contribution in [1.82, 2.24) is 15.0 Å². The van der Waals surface area contributed by atoms with Crippen molar-refractivity contribution in [3.63, 3.8) is 0 Å². The van der Waals surface area contributed by atoms with Crippen molar-refractivity contribution in [2.75, 3.05) is 0 Å². The first-order chi connectivity index (χ1) is 12.2. The van der Waals surface area contributed by atoms with Gasteiger partial charge in [0.2, 0.25) is 0 Å². The van der Waals surface area contributed by atoms with E-state index in [-0.39, 0.29) is 11.6 Å². The fourth-order valence-electron chi connectivity index (χ4n) is 3.45. The van der Waals surface area contributed by atoms with Gasteiger partial charge in [0.05, 0.1) is 0 Å². The number of benzene rings is 2. The van der Waals surface area contributed by atoms with Gasteiger partial charge in [-0.1, -0.05) is 0 Å². The Hall–Kier alpha value is -3.34.